The van der Waals surface area contributed by atoms with Gasteiger partial charge in [-0.1, -0.05) is 38.0 Å². The number of para-hydroxylation sites is 1. The Bertz CT molecular complexity index is 617. The summed E-state index contributed by atoms with van der Waals surface area (Å²) in [6.07, 6.45) is 6.60. The molecule has 1 N–H and O–H groups in total. The Hall–Kier alpha value is -1.88. The molecule has 2 fully saturated rings. The van der Waals surface area contributed by atoms with E-state index in [-0.39, 0.29) is 5.91 Å². The van der Waals surface area contributed by atoms with E-state index in [0.717, 1.165) is 43.9 Å². The predicted molar refractivity (Wildman–Crippen MR) is 104 cm³/mol. The van der Waals surface area contributed by atoms with Crippen molar-refractivity contribution in [3.63, 3.8) is 0 Å². The first-order chi connectivity index (χ1) is 12.7. The maximum atomic E-state index is 12.4. The van der Waals surface area contributed by atoms with Crippen LogP contribution in [0, 0.1) is 5.92 Å². The second-order valence-electron chi connectivity index (χ2n) is 7.57. The van der Waals surface area contributed by atoms with E-state index in [9.17, 15) is 9.59 Å². The van der Waals surface area contributed by atoms with Crippen molar-refractivity contribution >= 4 is 17.5 Å². The number of benzene rings is 1. The Morgan fingerprint density at radius 3 is 2.46 bits per heavy atom. The monoisotopic (exact) mass is 357 g/mol. The number of hydrogen-bond donors (Lipinski definition) is 1. The van der Waals surface area contributed by atoms with Crippen molar-refractivity contribution in [2.75, 3.05) is 38.0 Å². The highest BCUT2D eigenvalue weighted by Gasteiger charge is 2.25. The van der Waals surface area contributed by atoms with Gasteiger partial charge in [0.2, 0.25) is 11.8 Å². The average Bonchev–Trinajstić information content (AvgIpc) is 3.15. The highest BCUT2D eigenvalue weighted by atomic mass is 16.2. The highest BCUT2D eigenvalue weighted by Crippen LogP contribution is 2.28. The van der Waals surface area contributed by atoms with Crippen molar-refractivity contribution in [3.05, 3.63) is 29.8 Å². The molecule has 0 atom stereocenters. The first-order valence-corrected chi connectivity index (χ1v) is 10.0. The van der Waals surface area contributed by atoms with E-state index in [0.29, 0.717) is 24.8 Å². The number of nitrogens with one attached hydrogen (secondary N) is 1. The molecule has 5 nitrogen and oxygen atoms in total. The highest BCUT2D eigenvalue weighted by molar-refractivity contribution is 5.93. The minimum absolute atomic E-state index is 0.0247. The van der Waals surface area contributed by atoms with E-state index in [1.807, 2.05) is 29.2 Å². The fourth-order valence-corrected chi connectivity index (χ4v) is 4.09. The quantitative estimate of drug-likeness (QED) is 0.852. The molecule has 1 aliphatic carbocycles. The van der Waals surface area contributed by atoms with Gasteiger partial charge in [-0.15, -0.1) is 0 Å². The van der Waals surface area contributed by atoms with Crippen molar-refractivity contribution in [2.45, 2.75) is 45.4 Å². The molecule has 5 heteroatoms. The number of hydrogen-bond acceptors (Lipinski definition) is 3. The molecule has 2 aliphatic rings. The van der Waals surface area contributed by atoms with Crippen molar-refractivity contribution in [1.82, 2.24) is 9.80 Å². The Morgan fingerprint density at radius 2 is 1.77 bits per heavy atom. The Morgan fingerprint density at radius 1 is 1.08 bits per heavy atom. The van der Waals surface area contributed by atoms with Crippen LogP contribution < -0.4 is 5.32 Å². The fraction of sp³-hybridized carbons (Fsp3) is 0.619. The third kappa shape index (κ3) is 5.07. The maximum Gasteiger partial charge on any atom is 0.238 e. The van der Waals surface area contributed by atoms with E-state index < -0.39 is 0 Å². The molecule has 1 saturated carbocycles. The molecule has 0 bridgehead atoms. The zero-order valence-corrected chi connectivity index (χ0v) is 15.9. The molecule has 1 heterocycles. The van der Waals surface area contributed by atoms with Gasteiger partial charge in [-0.05, 0) is 36.8 Å². The van der Waals surface area contributed by atoms with Crippen molar-refractivity contribution in [1.29, 1.82) is 0 Å². The SMILES string of the molecule is CCc1ccccc1NC(=O)CN1CCN(C(=O)CC2CCCC2)CC1. The summed E-state index contributed by atoms with van der Waals surface area (Å²) in [6, 6.07) is 7.94. The summed E-state index contributed by atoms with van der Waals surface area (Å²) in [5, 5.41) is 3.03. The van der Waals surface area contributed by atoms with Crippen LogP contribution in [0.15, 0.2) is 24.3 Å². The van der Waals surface area contributed by atoms with Gasteiger partial charge < -0.3 is 10.2 Å². The molecule has 0 unspecified atom stereocenters. The van der Waals surface area contributed by atoms with Crippen molar-refractivity contribution < 1.29 is 9.59 Å². The third-order valence-electron chi connectivity index (χ3n) is 5.70. The van der Waals surface area contributed by atoms with E-state index in [1.165, 1.54) is 25.7 Å². The number of rotatable bonds is 6. The molecule has 2 amide bonds. The van der Waals surface area contributed by atoms with Crippen LogP contribution in [0.2, 0.25) is 0 Å². The zero-order valence-electron chi connectivity index (χ0n) is 15.9. The Kier molecular flexibility index (Phi) is 6.67. The standard InChI is InChI=1S/C21H31N3O2/c1-2-18-9-5-6-10-19(18)22-20(25)16-23-11-13-24(14-12-23)21(26)15-17-7-3-4-8-17/h5-6,9-10,17H,2-4,7-8,11-16H2,1H3,(H,22,25). The first kappa shape index (κ1) is 18.9. The molecule has 26 heavy (non-hydrogen) atoms. The number of anilines is 1. The van der Waals surface area contributed by atoms with Crippen LogP contribution in [-0.4, -0.2) is 54.3 Å². The minimum Gasteiger partial charge on any atom is -0.340 e. The summed E-state index contributed by atoms with van der Waals surface area (Å²) in [5.74, 6) is 0.930. The summed E-state index contributed by atoms with van der Waals surface area (Å²) >= 11 is 0. The number of carbonyl (C=O) groups excluding carboxylic acids is 2. The lowest BCUT2D eigenvalue weighted by Crippen LogP contribution is -2.50. The van der Waals surface area contributed by atoms with Crippen LogP contribution in [0.25, 0.3) is 0 Å². The first-order valence-electron chi connectivity index (χ1n) is 10.0. The summed E-state index contributed by atoms with van der Waals surface area (Å²) in [5.41, 5.74) is 2.06. The summed E-state index contributed by atoms with van der Waals surface area (Å²) < 4.78 is 0. The molecular formula is C21H31N3O2. The number of carbonyl (C=O) groups is 2. The van der Waals surface area contributed by atoms with Gasteiger partial charge in [0.1, 0.15) is 0 Å². The van der Waals surface area contributed by atoms with Gasteiger partial charge in [0.15, 0.2) is 0 Å². The van der Waals surface area contributed by atoms with Crippen LogP contribution in [0.3, 0.4) is 0 Å². The normalized spacial score (nSPS) is 18.9. The van der Waals surface area contributed by atoms with Gasteiger partial charge in [0.05, 0.1) is 6.54 Å². The lowest BCUT2D eigenvalue weighted by atomic mass is 10.0. The van der Waals surface area contributed by atoms with Gasteiger partial charge in [-0.2, -0.15) is 0 Å². The smallest absolute Gasteiger partial charge is 0.238 e. The predicted octanol–water partition coefficient (Wildman–Crippen LogP) is 2.91. The number of nitrogens with zero attached hydrogens (tertiary/aromatic N) is 2. The van der Waals surface area contributed by atoms with Gasteiger partial charge in [-0.25, -0.2) is 0 Å². The molecule has 142 valence electrons. The molecule has 3 rings (SSSR count). The average molecular weight is 357 g/mol. The van der Waals surface area contributed by atoms with Crippen LogP contribution in [0.1, 0.15) is 44.6 Å². The van der Waals surface area contributed by atoms with E-state index >= 15 is 0 Å². The molecule has 0 spiro atoms. The molecule has 1 aromatic carbocycles. The lowest BCUT2D eigenvalue weighted by Gasteiger charge is -2.34. The van der Waals surface area contributed by atoms with Crippen LogP contribution in [-0.2, 0) is 16.0 Å². The molecule has 1 aliphatic heterocycles. The molecule has 1 aromatic rings. The Balaban J connectivity index is 1.41. The largest absolute Gasteiger partial charge is 0.340 e. The van der Waals surface area contributed by atoms with Gasteiger partial charge in [0, 0.05) is 38.3 Å². The Labute approximate surface area is 156 Å². The van der Waals surface area contributed by atoms with E-state index in [4.69, 9.17) is 0 Å². The molecule has 1 saturated heterocycles. The van der Waals surface area contributed by atoms with Gasteiger partial charge in [-0.3, -0.25) is 14.5 Å². The number of amides is 2. The van der Waals surface area contributed by atoms with Crippen LogP contribution >= 0.6 is 0 Å². The van der Waals surface area contributed by atoms with Gasteiger partial charge in [0.25, 0.3) is 0 Å². The second kappa shape index (κ2) is 9.17. The summed E-state index contributed by atoms with van der Waals surface area (Å²) in [4.78, 5) is 28.9. The van der Waals surface area contributed by atoms with Crippen LogP contribution in [0.4, 0.5) is 5.69 Å². The minimum atomic E-state index is 0.0247. The van der Waals surface area contributed by atoms with Crippen molar-refractivity contribution in [3.8, 4) is 0 Å². The molecule has 0 radical (unpaired) electrons. The number of piperazine rings is 1. The third-order valence-corrected chi connectivity index (χ3v) is 5.70. The molecule has 0 aromatic heterocycles. The molecular weight excluding hydrogens is 326 g/mol. The maximum absolute atomic E-state index is 12.4. The number of aryl methyl sites for hydroxylation is 1. The summed E-state index contributed by atoms with van der Waals surface area (Å²) in [6.45, 7) is 5.52. The van der Waals surface area contributed by atoms with Crippen molar-refractivity contribution in [2.24, 2.45) is 5.92 Å². The van der Waals surface area contributed by atoms with E-state index in [2.05, 4.69) is 17.1 Å². The second-order valence-corrected chi connectivity index (χ2v) is 7.57. The van der Waals surface area contributed by atoms with E-state index in [1.54, 1.807) is 0 Å². The van der Waals surface area contributed by atoms with Crippen LogP contribution in [0.5, 0.6) is 0 Å². The lowest BCUT2D eigenvalue weighted by molar-refractivity contribution is -0.134. The zero-order chi connectivity index (χ0) is 18.4. The van der Waals surface area contributed by atoms with Gasteiger partial charge >= 0.3 is 0 Å². The fourth-order valence-electron chi connectivity index (χ4n) is 4.09. The summed E-state index contributed by atoms with van der Waals surface area (Å²) in [7, 11) is 0. The topological polar surface area (TPSA) is 52.7 Å².